The van der Waals surface area contributed by atoms with Gasteiger partial charge in [-0.3, -0.25) is 0 Å². The lowest BCUT2D eigenvalue weighted by Gasteiger charge is -2.08. The summed E-state index contributed by atoms with van der Waals surface area (Å²) in [5, 5.41) is 0.519. The van der Waals surface area contributed by atoms with Crippen molar-refractivity contribution in [2.24, 2.45) is 0 Å². The molecule has 0 aliphatic rings. The van der Waals surface area contributed by atoms with Crippen LogP contribution in [0.15, 0.2) is 0 Å². The van der Waals surface area contributed by atoms with Gasteiger partial charge < -0.3 is 24.7 Å². The summed E-state index contributed by atoms with van der Waals surface area (Å²) in [5.74, 6) is 0. The Morgan fingerprint density at radius 1 is 0.633 bits per heavy atom. The molecule has 15 radical (unpaired) electrons. The summed E-state index contributed by atoms with van der Waals surface area (Å²) in [6.45, 7) is 2.08. The maximum absolute atomic E-state index is 6.37. The van der Waals surface area contributed by atoms with Crippen molar-refractivity contribution in [3.63, 3.8) is 0 Å². The number of unbranched alkanes of at least 4 members (excludes halogenated alkanes) is 8. The molecule has 15 heteroatoms. The van der Waals surface area contributed by atoms with Crippen LogP contribution in [-0.2, 0) is 24.7 Å². The first kappa shape index (κ1) is 31.9. The fourth-order valence-electron chi connectivity index (χ4n) is 2.46. The third kappa shape index (κ3) is 27.9. The molecule has 2 unspecified atom stereocenters. The molecular formula is C15H29Cl2O6Si7. The summed E-state index contributed by atoms with van der Waals surface area (Å²) in [6.07, 6.45) is 14.0. The van der Waals surface area contributed by atoms with Gasteiger partial charge in [0.1, 0.15) is 0 Å². The van der Waals surface area contributed by atoms with Gasteiger partial charge in [-0.05, 0) is 25.8 Å². The molecule has 0 fully saturated rings. The Labute approximate surface area is 211 Å². The second-order valence-corrected chi connectivity index (χ2v) is 14.3. The Hall–Kier alpha value is 1.86. The standard InChI is InChI=1S/C15H29Cl2O6Si7/c1-14(16)11-9-7-5-3-2-4-6-8-10-12-15(17)13-25-19-27-21-29-23-30-22-28-20-26-18-24/h14-15H,2-13H2,1H3. The lowest BCUT2D eigenvalue weighted by atomic mass is 10.0. The number of alkyl halides is 2. The smallest absolute Gasteiger partial charge is 0.412 e. The molecule has 0 N–H and O–H groups in total. The van der Waals surface area contributed by atoms with Gasteiger partial charge in [0.2, 0.25) is 20.2 Å². The van der Waals surface area contributed by atoms with Crippen LogP contribution in [0.4, 0.5) is 0 Å². The van der Waals surface area contributed by atoms with Gasteiger partial charge in [-0.15, -0.1) is 23.2 Å². The van der Waals surface area contributed by atoms with Gasteiger partial charge >= 0.3 is 50.0 Å². The monoisotopic (exact) mass is 571 g/mol. The van der Waals surface area contributed by atoms with E-state index in [0.717, 1.165) is 18.9 Å². The molecule has 0 aromatic carbocycles. The third-order valence-corrected chi connectivity index (χ3v) is 9.33. The summed E-state index contributed by atoms with van der Waals surface area (Å²) in [6, 6.07) is 0.877. The highest BCUT2D eigenvalue weighted by Gasteiger charge is 2.07. The van der Waals surface area contributed by atoms with E-state index < -0.39 is 0 Å². The van der Waals surface area contributed by atoms with Crippen LogP contribution in [0.3, 0.4) is 0 Å². The summed E-state index contributed by atoms with van der Waals surface area (Å²) >= 11 is 12.3. The molecule has 0 aromatic rings. The minimum atomic E-state index is -0.117. The Morgan fingerprint density at radius 3 is 1.57 bits per heavy atom. The molecule has 0 aliphatic heterocycles. The van der Waals surface area contributed by atoms with Gasteiger partial charge in [-0.1, -0.05) is 57.8 Å². The zero-order chi connectivity index (χ0) is 22.1. The van der Waals surface area contributed by atoms with E-state index >= 15 is 0 Å². The second-order valence-electron chi connectivity index (χ2n) is 6.51. The summed E-state index contributed by atoms with van der Waals surface area (Å²) in [7, 11) is 2.75. The highest BCUT2D eigenvalue weighted by atomic mass is 35.5. The highest BCUT2D eigenvalue weighted by molar-refractivity contribution is 6.48. The van der Waals surface area contributed by atoms with E-state index in [2.05, 4.69) is 21.5 Å². The van der Waals surface area contributed by atoms with Crippen LogP contribution < -0.4 is 0 Å². The van der Waals surface area contributed by atoms with Gasteiger partial charge in [-0.2, -0.15) is 0 Å². The highest BCUT2D eigenvalue weighted by Crippen LogP contribution is 2.16. The lowest BCUT2D eigenvalue weighted by Crippen LogP contribution is -2.19. The molecule has 0 saturated carbocycles. The van der Waals surface area contributed by atoms with Crippen LogP contribution >= 0.6 is 23.2 Å². The van der Waals surface area contributed by atoms with Gasteiger partial charge in [0.15, 0.2) is 0 Å². The molecule has 0 spiro atoms. The first-order chi connectivity index (χ1) is 14.7. The maximum atomic E-state index is 6.37. The number of halogens is 2. The topological polar surface area (TPSA) is 55.4 Å². The molecule has 167 valence electrons. The number of hydrogen-bond donors (Lipinski definition) is 0. The fourth-order valence-corrected chi connectivity index (χ4v) is 7.17. The molecule has 0 saturated heterocycles. The van der Waals surface area contributed by atoms with Crippen LogP contribution in [0.5, 0.6) is 0 Å². The minimum Gasteiger partial charge on any atom is -0.435 e. The van der Waals surface area contributed by atoms with E-state index in [0.29, 0.717) is 15.1 Å². The predicted molar refractivity (Wildman–Crippen MR) is 127 cm³/mol. The fraction of sp³-hybridized carbons (Fsp3) is 1.00. The van der Waals surface area contributed by atoms with Crippen molar-refractivity contribution in [2.45, 2.75) is 94.4 Å². The quantitative estimate of drug-likeness (QED) is 0.0950. The zero-order valence-corrected chi connectivity index (χ0v) is 25.9. The summed E-state index contributed by atoms with van der Waals surface area (Å²) in [5.41, 5.74) is 0. The maximum Gasteiger partial charge on any atom is 0.412 e. The van der Waals surface area contributed by atoms with Crippen molar-refractivity contribution in [2.75, 3.05) is 0 Å². The van der Waals surface area contributed by atoms with Crippen LogP contribution in [0.25, 0.3) is 0 Å². The molecule has 0 rings (SSSR count). The van der Waals surface area contributed by atoms with E-state index in [1.54, 1.807) is 0 Å². The Balaban J connectivity index is 3.14. The molecule has 0 aliphatic carbocycles. The third-order valence-electron chi connectivity index (χ3n) is 3.91. The van der Waals surface area contributed by atoms with E-state index in [-0.39, 0.29) is 55.4 Å². The minimum absolute atomic E-state index is 0.0267. The van der Waals surface area contributed by atoms with Crippen molar-refractivity contribution in [3.8, 4) is 0 Å². The molecule has 2 atom stereocenters. The lowest BCUT2D eigenvalue weighted by molar-refractivity contribution is 0.379. The summed E-state index contributed by atoms with van der Waals surface area (Å²) in [4.78, 5) is 0. The van der Waals surface area contributed by atoms with Crippen LogP contribution in [0.2, 0.25) is 6.04 Å². The van der Waals surface area contributed by atoms with Gasteiger partial charge in [0.05, 0.1) is 0 Å². The Kier molecular flexibility index (Phi) is 28.8. The van der Waals surface area contributed by atoms with Crippen LogP contribution in [-0.4, -0.2) is 81.0 Å². The molecular weight excluding hydrogens is 544 g/mol. The molecule has 30 heavy (non-hydrogen) atoms. The normalized spacial score (nSPS) is 13.6. The van der Waals surface area contributed by atoms with Crippen molar-refractivity contribution < 1.29 is 24.7 Å². The van der Waals surface area contributed by atoms with Gasteiger partial charge in [0.25, 0.3) is 0 Å². The SMILES string of the molecule is CC(Cl)CCCCCCCCCCCC(Cl)C[Si]O[Si]O[Si]O[Si]O[Si]O[Si]O[Si]. The molecule has 0 amide bonds. The number of hydrogen-bond acceptors (Lipinski definition) is 6. The average Bonchev–Trinajstić information content (AvgIpc) is 2.72. The second kappa shape index (κ2) is 27.1. The van der Waals surface area contributed by atoms with Crippen molar-refractivity contribution in [3.05, 3.63) is 0 Å². The van der Waals surface area contributed by atoms with Crippen molar-refractivity contribution in [1.29, 1.82) is 0 Å². The van der Waals surface area contributed by atoms with Crippen LogP contribution in [0, 0.1) is 0 Å². The largest absolute Gasteiger partial charge is 0.435 e. The van der Waals surface area contributed by atoms with E-state index in [4.69, 9.17) is 43.8 Å². The Bertz CT molecular complexity index is 344. The molecule has 6 nitrogen and oxygen atoms in total. The zero-order valence-electron chi connectivity index (χ0n) is 17.3. The van der Waals surface area contributed by atoms with Crippen molar-refractivity contribution in [1.82, 2.24) is 0 Å². The van der Waals surface area contributed by atoms with E-state index in [1.165, 1.54) is 57.8 Å². The van der Waals surface area contributed by atoms with E-state index in [1.807, 2.05) is 0 Å². The van der Waals surface area contributed by atoms with Gasteiger partial charge in [0, 0.05) is 10.8 Å². The average molecular weight is 573 g/mol. The van der Waals surface area contributed by atoms with E-state index in [9.17, 15) is 0 Å². The molecule has 0 heterocycles. The Morgan fingerprint density at radius 2 is 1.07 bits per heavy atom. The van der Waals surface area contributed by atoms with Crippen LogP contribution in [0.1, 0.15) is 77.6 Å². The molecule has 0 bridgehead atoms. The summed E-state index contributed by atoms with van der Waals surface area (Å²) < 4.78 is 30.4. The predicted octanol–water partition coefficient (Wildman–Crippen LogP) is 3.40. The van der Waals surface area contributed by atoms with Gasteiger partial charge in [-0.25, -0.2) is 0 Å². The first-order valence-electron chi connectivity index (χ1n) is 10.0. The first-order valence-corrected chi connectivity index (χ1v) is 16.5. The van der Waals surface area contributed by atoms with Crippen molar-refractivity contribution >= 4 is 93.5 Å². The number of rotatable bonds is 25. The molecule has 0 aromatic heterocycles.